The normalized spacial score (nSPS) is 19.2. The minimum Gasteiger partial charge on any atom is -0.390 e. The van der Waals surface area contributed by atoms with Crippen LogP contribution in [-0.2, 0) is 6.42 Å². The number of hydrogen-bond acceptors (Lipinski definition) is 5. The van der Waals surface area contributed by atoms with Crippen molar-refractivity contribution >= 4 is 29.9 Å². The van der Waals surface area contributed by atoms with Crippen molar-refractivity contribution in [2.75, 3.05) is 10.6 Å². The Morgan fingerprint density at radius 2 is 1.45 bits per heavy atom. The Labute approximate surface area is 223 Å². The van der Waals surface area contributed by atoms with Gasteiger partial charge in [-0.25, -0.2) is 0 Å². The van der Waals surface area contributed by atoms with Gasteiger partial charge in [0.25, 0.3) is 10.9 Å². The van der Waals surface area contributed by atoms with Crippen LogP contribution < -0.4 is 32.1 Å². The number of aliphatic hydroxyl groups excluding tert-OH is 1. The van der Waals surface area contributed by atoms with Gasteiger partial charge in [0, 0.05) is 12.5 Å². The number of anilines is 2. The van der Waals surface area contributed by atoms with Gasteiger partial charge < -0.3 is 15.7 Å². The molecule has 2 aliphatic rings. The lowest BCUT2D eigenvalue weighted by Crippen LogP contribution is -2.41. The molecule has 0 saturated carbocycles. The lowest BCUT2D eigenvalue weighted by atomic mass is 10.0. The summed E-state index contributed by atoms with van der Waals surface area (Å²) in [4.78, 5) is 25.3. The van der Waals surface area contributed by atoms with Crippen molar-refractivity contribution in [3.63, 3.8) is 0 Å². The minimum atomic E-state index is -0.776. The predicted molar refractivity (Wildman–Crippen MR) is 157 cm³/mol. The summed E-state index contributed by atoms with van der Waals surface area (Å²) in [6, 6.07) is 28.3. The molecular weight excluding hydrogens is 491 g/mol. The van der Waals surface area contributed by atoms with Gasteiger partial charge in [-0.2, -0.15) is 0 Å². The van der Waals surface area contributed by atoms with Crippen molar-refractivity contribution in [1.29, 1.82) is 0 Å². The lowest BCUT2D eigenvalue weighted by Gasteiger charge is -2.27. The fourth-order valence-electron chi connectivity index (χ4n) is 5.58. The van der Waals surface area contributed by atoms with Crippen LogP contribution in [0.25, 0.3) is 0 Å². The molecule has 0 fully saturated rings. The zero-order chi connectivity index (χ0) is 26.2. The largest absolute Gasteiger partial charge is 0.390 e. The van der Waals surface area contributed by atoms with E-state index in [1.165, 1.54) is 21.5 Å². The summed E-state index contributed by atoms with van der Waals surface area (Å²) >= 11 is 0. The molecular formula is C32H29N2O3P. The van der Waals surface area contributed by atoms with E-state index in [2.05, 4.69) is 71.3 Å². The highest BCUT2D eigenvalue weighted by molar-refractivity contribution is 7.77. The number of fused-ring (bicyclic) bond motifs is 1. The van der Waals surface area contributed by atoms with E-state index < -0.39 is 30.9 Å². The topological polar surface area (TPSA) is 78.4 Å². The van der Waals surface area contributed by atoms with Crippen LogP contribution >= 0.6 is 7.92 Å². The molecule has 6 heteroatoms. The highest BCUT2D eigenvalue weighted by Crippen LogP contribution is 2.49. The first-order valence-corrected chi connectivity index (χ1v) is 14.3. The monoisotopic (exact) mass is 520 g/mol. The van der Waals surface area contributed by atoms with Crippen LogP contribution in [0, 0.1) is 0 Å². The molecule has 0 saturated heterocycles. The zero-order valence-electron chi connectivity index (χ0n) is 21.1. The summed E-state index contributed by atoms with van der Waals surface area (Å²) < 4.78 is 0. The molecule has 0 heterocycles. The lowest BCUT2D eigenvalue weighted by molar-refractivity contribution is 0.166. The third kappa shape index (κ3) is 4.32. The maximum Gasteiger partial charge on any atom is 0.253 e. The van der Waals surface area contributed by atoms with Crippen LogP contribution in [0.3, 0.4) is 0 Å². The van der Waals surface area contributed by atoms with Gasteiger partial charge in [0.05, 0.1) is 12.1 Å². The highest BCUT2D eigenvalue weighted by Gasteiger charge is 2.34. The van der Waals surface area contributed by atoms with Gasteiger partial charge in [0.2, 0.25) is 0 Å². The standard InChI is InChI=1S/C32H29N2O3P/c1-20(24-17-10-18-27(24)38(22-12-4-2-5-13-22)23-14-6-3-7-15-23)33-29-30(32(37)31(29)36)34-28-25-16-9-8-11-21(25)19-26(28)35/h2-16,18,20,26,28,33-35H,17,19H2,1H3/t20-,26+,28+/m1/s1. The maximum absolute atomic E-state index is 12.7. The van der Waals surface area contributed by atoms with Crippen LogP contribution in [-0.4, -0.2) is 17.3 Å². The molecule has 6 rings (SSSR count). The first-order valence-electron chi connectivity index (χ1n) is 12.9. The fraction of sp³-hybridized carbons (Fsp3) is 0.188. The second kappa shape index (κ2) is 10.2. The maximum atomic E-state index is 12.7. The van der Waals surface area contributed by atoms with Crippen LogP contribution in [0.5, 0.6) is 0 Å². The molecule has 0 aromatic heterocycles. The van der Waals surface area contributed by atoms with Gasteiger partial charge in [-0.15, -0.1) is 0 Å². The smallest absolute Gasteiger partial charge is 0.253 e. The van der Waals surface area contributed by atoms with Crippen LogP contribution in [0.2, 0.25) is 0 Å². The number of hydrogen-bond donors (Lipinski definition) is 3. The molecule has 0 radical (unpaired) electrons. The number of aliphatic hydroxyl groups is 1. The molecule has 38 heavy (non-hydrogen) atoms. The molecule has 4 aromatic carbocycles. The van der Waals surface area contributed by atoms with Crippen molar-refractivity contribution in [2.45, 2.75) is 38.0 Å². The number of rotatable bonds is 8. The first kappa shape index (κ1) is 24.5. The van der Waals surface area contributed by atoms with Gasteiger partial charge in [0.15, 0.2) is 0 Å². The summed E-state index contributed by atoms with van der Waals surface area (Å²) in [6.07, 6.45) is 5.04. The van der Waals surface area contributed by atoms with Gasteiger partial charge in [0.1, 0.15) is 11.4 Å². The molecule has 2 aliphatic carbocycles. The Bertz CT molecular complexity index is 1560. The van der Waals surface area contributed by atoms with Gasteiger partial charge in [-0.3, -0.25) is 9.59 Å². The Hall–Kier alpha value is -3.79. The van der Waals surface area contributed by atoms with Gasteiger partial charge in [-0.1, -0.05) is 97.1 Å². The van der Waals surface area contributed by atoms with Crippen LogP contribution in [0.4, 0.5) is 11.4 Å². The summed E-state index contributed by atoms with van der Waals surface area (Å²) in [7, 11) is -0.776. The van der Waals surface area contributed by atoms with Crippen molar-refractivity contribution in [3.05, 3.63) is 140 Å². The molecule has 0 bridgehead atoms. The van der Waals surface area contributed by atoms with Gasteiger partial charge in [-0.05, 0) is 53.9 Å². The number of nitrogens with one attached hydrogen (secondary N) is 2. The van der Waals surface area contributed by atoms with E-state index in [4.69, 9.17) is 0 Å². The SMILES string of the molecule is C[C@@H](Nc1c(N[C@H]2c3ccccc3C[C@@H]2O)c(=O)c1=O)C1=C(P(c2ccccc2)c2ccccc2)C=CC1. The quantitative estimate of drug-likeness (QED) is 0.236. The molecule has 4 aromatic rings. The second-order valence-corrected chi connectivity index (χ2v) is 12.1. The van der Waals surface area contributed by atoms with Crippen LogP contribution in [0.15, 0.2) is 118 Å². The second-order valence-electron chi connectivity index (χ2n) is 9.89. The van der Waals surface area contributed by atoms with Crippen molar-refractivity contribution in [3.8, 4) is 0 Å². The van der Waals surface area contributed by atoms with Crippen molar-refractivity contribution in [2.24, 2.45) is 0 Å². The molecule has 3 N–H and O–H groups in total. The average molecular weight is 521 g/mol. The molecule has 3 atom stereocenters. The highest BCUT2D eigenvalue weighted by atomic mass is 31.1. The summed E-state index contributed by atoms with van der Waals surface area (Å²) in [6.45, 7) is 2.05. The average Bonchev–Trinajstić information content (AvgIpc) is 3.56. The molecule has 0 unspecified atom stereocenters. The third-order valence-electron chi connectivity index (χ3n) is 7.51. The first-order chi connectivity index (χ1) is 18.5. The van der Waals surface area contributed by atoms with Crippen LogP contribution in [0.1, 0.15) is 30.5 Å². The third-order valence-corrected chi connectivity index (χ3v) is 10.1. The summed E-state index contributed by atoms with van der Waals surface area (Å²) in [5.74, 6) is 0. The van der Waals surface area contributed by atoms with E-state index in [9.17, 15) is 14.7 Å². The number of benzene rings is 3. The van der Waals surface area contributed by atoms with E-state index in [0.29, 0.717) is 12.1 Å². The summed E-state index contributed by atoms with van der Waals surface area (Å²) in [5, 5.41) is 21.0. The van der Waals surface area contributed by atoms with E-state index >= 15 is 0 Å². The molecule has 190 valence electrons. The number of allylic oxidation sites excluding steroid dienone is 3. The van der Waals surface area contributed by atoms with Crippen molar-refractivity contribution in [1.82, 2.24) is 0 Å². The molecule has 0 spiro atoms. The Balaban J connectivity index is 1.31. The van der Waals surface area contributed by atoms with Gasteiger partial charge >= 0.3 is 0 Å². The Morgan fingerprint density at radius 3 is 2.13 bits per heavy atom. The van der Waals surface area contributed by atoms with E-state index in [1.807, 2.05) is 43.3 Å². The zero-order valence-corrected chi connectivity index (χ0v) is 22.0. The molecule has 0 aliphatic heterocycles. The fourth-order valence-corrected chi connectivity index (χ4v) is 8.20. The predicted octanol–water partition coefficient (Wildman–Crippen LogP) is 4.50. The molecule has 5 nitrogen and oxygen atoms in total. The summed E-state index contributed by atoms with van der Waals surface area (Å²) in [5.41, 5.74) is 2.77. The van der Waals surface area contributed by atoms with E-state index in [1.54, 1.807) is 0 Å². The Kier molecular flexibility index (Phi) is 6.57. The van der Waals surface area contributed by atoms with Crippen molar-refractivity contribution < 1.29 is 5.11 Å². The van der Waals surface area contributed by atoms with E-state index in [-0.39, 0.29) is 11.7 Å². The molecule has 0 amide bonds. The Morgan fingerprint density at radius 1 is 0.842 bits per heavy atom. The van der Waals surface area contributed by atoms with E-state index in [0.717, 1.165) is 17.5 Å². The minimum absolute atomic E-state index is 0.151.